The van der Waals surface area contributed by atoms with Crippen LogP contribution in [0.3, 0.4) is 0 Å². The highest BCUT2D eigenvalue weighted by molar-refractivity contribution is 7.89. The van der Waals surface area contributed by atoms with Gasteiger partial charge in [-0.2, -0.15) is 13.2 Å². The number of carboxylic acid groups (broad SMARTS) is 1. The highest BCUT2D eigenvalue weighted by atomic mass is 32.2. The second-order valence-electron chi connectivity index (χ2n) is 10.3. The lowest BCUT2D eigenvalue weighted by Crippen LogP contribution is -2.39. The van der Waals surface area contributed by atoms with E-state index in [1.165, 1.54) is 25.3 Å². The van der Waals surface area contributed by atoms with Crippen molar-refractivity contribution in [3.8, 4) is 17.6 Å². The molecule has 2 heterocycles. The number of hydrogen-bond acceptors (Lipinski definition) is 8. The summed E-state index contributed by atoms with van der Waals surface area (Å²) in [5, 5.41) is 20.9. The van der Waals surface area contributed by atoms with Gasteiger partial charge >= 0.3 is 12.3 Å². The van der Waals surface area contributed by atoms with Crippen LogP contribution in [0.2, 0.25) is 0 Å². The molecule has 1 aliphatic rings. The summed E-state index contributed by atoms with van der Waals surface area (Å²) in [5.41, 5.74) is 1.76. The number of nitrogens with zero attached hydrogens (tertiary/aromatic N) is 2. The van der Waals surface area contributed by atoms with E-state index in [0.717, 1.165) is 42.7 Å². The van der Waals surface area contributed by atoms with E-state index >= 15 is 0 Å². The minimum Gasteiger partial charge on any atom is -0.495 e. The number of nitrogens with two attached hydrogens (primary N) is 1. The highest BCUT2D eigenvalue weighted by Gasteiger charge is 2.30. The number of anilines is 2. The molecule has 4 rings (SSSR count). The molecule has 0 spiro atoms. The normalized spacial score (nSPS) is 14.6. The van der Waals surface area contributed by atoms with Gasteiger partial charge in [-0.1, -0.05) is 12.0 Å². The van der Waals surface area contributed by atoms with Crippen LogP contribution in [-0.2, 0) is 21.3 Å². The topological polar surface area (TPSA) is 148 Å². The minimum absolute atomic E-state index is 0.0464. The summed E-state index contributed by atoms with van der Waals surface area (Å²) in [4.78, 5) is 12.6. The van der Waals surface area contributed by atoms with Crippen molar-refractivity contribution in [3.05, 3.63) is 48.2 Å². The van der Waals surface area contributed by atoms with Gasteiger partial charge in [-0.3, -0.25) is 0 Å². The first-order valence-electron chi connectivity index (χ1n) is 13.8. The van der Waals surface area contributed by atoms with Gasteiger partial charge in [0.25, 0.3) is 0 Å². The number of alkyl halides is 3. The van der Waals surface area contributed by atoms with Gasteiger partial charge in [-0.05, 0) is 55.5 Å². The van der Waals surface area contributed by atoms with E-state index in [1.54, 1.807) is 18.2 Å². The Morgan fingerprint density at radius 1 is 1.16 bits per heavy atom. The quantitative estimate of drug-likeness (QED) is 0.137. The van der Waals surface area contributed by atoms with Crippen LogP contribution in [0.4, 0.5) is 29.3 Å². The third-order valence-electron chi connectivity index (χ3n) is 7.16. The number of benzene rings is 2. The number of nitrogens with one attached hydrogen (secondary N) is 2. The maximum absolute atomic E-state index is 13.6. The maximum Gasteiger partial charge on any atom is 0.505 e. The van der Waals surface area contributed by atoms with E-state index in [4.69, 9.17) is 15.0 Å². The Balaban J connectivity index is 1.48. The van der Waals surface area contributed by atoms with Gasteiger partial charge in [0.05, 0.1) is 42.1 Å². The number of fused-ring (bicyclic) bond motifs is 1. The number of methoxy groups -OCH3 is 1. The largest absolute Gasteiger partial charge is 0.505 e. The molecule has 2 aromatic carbocycles. The molecule has 0 radical (unpaired) electrons. The lowest BCUT2D eigenvalue weighted by molar-refractivity contribution is -0.140. The number of piperidine rings is 1. The molecule has 1 fully saturated rings. The fourth-order valence-electron chi connectivity index (χ4n) is 5.10. The molecule has 5 N–H and O–H groups in total. The number of ether oxygens (including phenoxy) is 2. The first-order valence-corrected chi connectivity index (χ1v) is 15.4. The summed E-state index contributed by atoms with van der Waals surface area (Å²) >= 11 is 0. The molecule has 3 aromatic rings. The van der Waals surface area contributed by atoms with E-state index < -0.39 is 28.9 Å². The molecule has 1 aliphatic heterocycles. The molecule has 0 unspecified atom stereocenters. The summed E-state index contributed by atoms with van der Waals surface area (Å²) in [6, 6.07) is 11.0. The summed E-state index contributed by atoms with van der Waals surface area (Å²) < 4.78 is 74.9. The van der Waals surface area contributed by atoms with Gasteiger partial charge < -0.3 is 34.7 Å². The third-order valence-corrected chi connectivity index (χ3v) is 8.07. The van der Waals surface area contributed by atoms with Crippen LogP contribution in [0, 0.1) is 11.8 Å². The Morgan fingerprint density at radius 3 is 2.57 bits per heavy atom. The van der Waals surface area contributed by atoms with Crippen molar-refractivity contribution >= 4 is 38.5 Å². The lowest BCUT2D eigenvalue weighted by atomic mass is 10.0. The zero-order valence-corrected chi connectivity index (χ0v) is 24.8. The van der Waals surface area contributed by atoms with Crippen LogP contribution in [-0.4, -0.2) is 81.3 Å². The third kappa shape index (κ3) is 8.94. The van der Waals surface area contributed by atoms with Crippen molar-refractivity contribution in [1.82, 2.24) is 9.47 Å². The Bertz CT molecular complexity index is 1640. The Labute approximate surface area is 253 Å². The second-order valence-corrected chi connectivity index (χ2v) is 11.8. The van der Waals surface area contributed by atoms with Crippen molar-refractivity contribution in [2.75, 3.05) is 50.5 Å². The number of aromatic nitrogens is 1. The van der Waals surface area contributed by atoms with Crippen LogP contribution in [0.1, 0.15) is 25.0 Å². The SMILES string of the molecule is COc1cc(S(N)(=O)=O)ccc1NCC#Cc1cc2c(NC3CCN(CCCOC(=O)O)CC3)cccc2n1CC(F)(F)F. The molecule has 0 aliphatic carbocycles. The molecule has 44 heavy (non-hydrogen) atoms. The molecule has 0 bridgehead atoms. The second kappa shape index (κ2) is 14.1. The lowest BCUT2D eigenvalue weighted by Gasteiger charge is -2.33. The average molecular weight is 638 g/mol. The minimum atomic E-state index is -4.47. The van der Waals surface area contributed by atoms with E-state index in [1.807, 2.05) is 6.07 Å². The smallest absolute Gasteiger partial charge is 0.495 e. The predicted octanol–water partition coefficient (Wildman–Crippen LogP) is 4.28. The highest BCUT2D eigenvalue weighted by Crippen LogP contribution is 2.31. The van der Waals surface area contributed by atoms with Crippen molar-refractivity contribution in [3.63, 3.8) is 0 Å². The molecule has 15 heteroatoms. The summed E-state index contributed by atoms with van der Waals surface area (Å²) in [5.74, 6) is 5.92. The molecular weight excluding hydrogens is 603 g/mol. The van der Waals surface area contributed by atoms with Gasteiger partial charge in [0, 0.05) is 42.8 Å². The van der Waals surface area contributed by atoms with Crippen molar-refractivity contribution in [2.45, 2.75) is 42.9 Å². The van der Waals surface area contributed by atoms with Crippen LogP contribution < -0.4 is 20.5 Å². The molecule has 1 aromatic heterocycles. The molecule has 238 valence electrons. The monoisotopic (exact) mass is 637 g/mol. The Kier molecular flexibility index (Phi) is 10.5. The molecule has 0 amide bonds. The number of likely N-dealkylation sites (tertiary alicyclic amines) is 1. The Morgan fingerprint density at radius 2 is 1.91 bits per heavy atom. The first kappa shape index (κ1) is 32.8. The predicted molar refractivity (Wildman–Crippen MR) is 159 cm³/mol. The number of sulfonamides is 1. The fraction of sp³-hybridized carbons (Fsp3) is 0.414. The standard InChI is InChI=1S/C29H34F3N5O6S/c1-42-27-18-22(44(33,40)41)8-9-25(27)34-12-3-5-21-17-23-24(6-2-7-26(23)37(21)19-29(30,31)32)35-20-10-14-36(15-11-20)13-4-16-43-28(38)39/h2,6-9,17-18,20,34-35H,4,10-16,19H2,1H3,(H,38,39)(H2,33,40,41). The number of hydrogen-bond donors (Lipinski definition) is 4. The number of halogens is 3. The number of rotatable bonds is 11. The van der Waals surface area contributed by atoms with E-state index in [0.29, 0.717) is 23.0 Å². The first-order chi connectivity index (χ1) is 20.8. The summed E-state index contributed by atoms with van der Waals surface area (Å²) in [6.07, 6.45) is -3.51. The molecule has 11 nitrogen and oxygen atoms in total. The van der Waals surface area contributed by atoms with Gasteiger partial charge in [-0.25, -0.2) is 18.4 Å². The van der Waals surface area contributed by atoms with Crippen LogP contribution in [0.25, 0.3) is 10.9 Å². The number of carbonyl (C=O) groups is 1. The summed E-state index contributed by atoms with van der Waals surface area (Å²) in [7, 11) is -2.56. The van der Waals surface area contributed by atoms with E-state index in [-0.39, 0.29) is 35.5 Å². The zero-order valence-electron chi connectivity index (χ0n) is 24.0. The molecule has 1 saturated heterocycles. The summed E-state index contributed by atoms with van der Waals surface area (Å²) in [6.45, 7) is 1.31. The molecule has 0 atom stereocenters. The molecule has 0 saturated carbocycles. The van der Waals surface area contributed by atoms with Crippen LogP contribution >= 0.6 is 0 Å². The van der Waals surface area contributed by atoms with E-state index in [2.05, 4.69) is 32.1 Å². The zero-order chi connectivity index (χ0) is 31.9. The van der Waals surface area contributed by atoms with Crippen molar-refractivity contribution in [1.29, 1.82) is 0 Å². The maximum atomic E-state index is 13.6. The van der Waals surface area contributed by atoms with Crippen LogP contribution in [0.15, 0.2) is 47.4 Å². The Hall–Kier alpha value is -4.13. The number of primary sulfonamides is 1. The average Bonchev–Trinajstić information content (AvgIpc) is 3.30. The van der Waals surface area contributed by atoms with E-state index in [9.17, 15) is 26.4 Å². The van der Waals surface area contributed by atoms with Gasteiger partial charge in [-0.15, -0.1) is 0 Å². The van der Waals surface area contributed by atoms with Crippen molar-refractivity contribution < 1.29 is 41.0 Å². The van der Waals surface area contributed by atoms with Gasteiger partial charge in [0.15, 0.2) is 0 Å². The molecular formula is C29H34F3N5O6S. The van der Waals surface area contributed by atoms with Gasteiger partial charge in [0.1, 0.15) is 12.3 Å². The van der Waals surface area contributed by atoms with Crippen molar-refractivity contribution in [2.24, 2.45) is 5.14 Å². The fourth-order valence-corrected chi connectivity index (χ4v) is 5.63. The van der Waals surface area contributed by atoms with Crippen LogP contribution in [0.5, 0.6) is 5.75 Å². The van der Waals surface area contributed by atoms with Gasteiger partial charge in [0.2, 0.25) is 10.0 Å².